The molecule has 2 rings (SSSR count). The smallest absolute Gasteiger partial charge is 0.325 e. The lowest BCUT2D eigenvalue weighted by atomic mass is 10.2. The fourth-order valence-electron chi connectivity index (χ4n) is 1.48. The number of nitrogens with two attached hydrogens (primary N) is 1. The van der Waals surface area contributed by atoms with E-state index in [0.29, 0.717) is 15.9 Å². The second kappa shape index (κ2) is 4.74. The third-order valence-electron chi connectivity index (χ3n) is 2.37. The molecule has 7 heteroatoms. The van der Waals surface area contributed by atoms with Crippen LogP contribution in [-0.4, -0.2) is 9.78 Å². The molecule has 0 aliphatic rings. The lowest BCUT2D eigenvalue weighted by Crippen LogP contribution is -2.06. The number of nitrogens with zero attached hydrogens (tertiary/aromatic N) is 2. The van der Waals surface area contributed by atoms with Gasteiger partial charge in [-0.2, -0.15) is 18.3 Å². The minimum atomic E-state index is -4.36. The molecule has 0 saturated carbocycles. The summed E-state index contributed by atoms with van der Waals surface area (Å²) < 4.78 is 39.8. The summed E-state index contributed by atoms with van der Waals surface area (Å²) in [6, 6.07) is 4.95. The van der Waals surface area contributed by atoms with Gasteiger partial charge in [-0.15, -0.1) is 0 Å². The van der Waals surface area contributed by atoms with Crippen molar-refractivity contribution < 1.29 is 13.2 Å². The van der Waals surface area contributed by atoms with Crippen LogP contribution in [0.1, 0.15) is 11.3 Å². The van der Waals surface area contributed by atoms with Crippen LogP contribution in [0.15, 0.2) is 34.9 Å². The summed E-state index contributed by atoms with van der Waals surface area (Å²) in [6.45, 7) is 0.215. The fraction of sp³-hybridized carbons (Fsp3) is 0.182. The van der Waals surface area contributed by atoms with E-state index in [0.717, 1.165) is 12.1 Å². The van der Waals surface area contributed by atoms with E-state index in [1.165, 1.54) is 10.7 Å². The highest BCUT2D eigenvalue weighted by Crippen LogP contribution is 2.30. The Kier molecular flexibility index (Phi) is 3.45. The van der Waals surface area contributed by atoms with Crippen LogP contribution < -0.4 is 5.73 Å². The largest absolute Gasteiger partial charge is 0.416 e. The first kappa shape index (κ1) is 13.1. The average Bonchev–Trinajstić information content (AvgIpc) is 2.70. The quantitative estimate of drug-likeness (QED) is 0.924. The maximum Gasteiger partial charge on any atom is 0.416 e. The number of halogens is 4. The minimum Gasteiger partial charge on any atom is -0.325 e. The summed E-state index contributed by atoms with van der Waals surface area (Å²) in [4.78, 5) is 0. The van der Waals surface area contributed by atoms with Gasteiger partial charge >= 0.3 is 6.18 Å². The van der Waals surface area contributed by atoms with Gasteiger partial charge in [0.05, 0.1) is 21.4 Å². The van der Waals surface area contributed by atoms with Gasteiger partial charge in [-0.1, -0.05) is 6.07 Å². The van der Waals surface area contributed by atoms with E-state index < -0.39 is 11.7 Å². The molecule has 96 valence electrons. The van der Waals surface area contributed by atoms with Crippen LogP contribution in [0.3, 0.4) is 0 Å². The summed E-state index contributed by atoms with van der Waals surface area (Å²) in [6.07, 6.45) is -2.78. The Balaban J connectivity index is 2.44. The molecule has 0 spiro atoms. The zero-order valence-corrected chi connectivity index (χ0v) is 10.7. The standard InChI is InChI=1S/C11H9BrF3N3/c12-9-6-18(17-10(9)5-16)8-3-1-2-7(4-8)11(13,14)15/h1-4,6H,5,16H2. The van der Waals surface area contributed by atoms with Crippen molar-refractivity contribution in [2.24, 2.45) is 5.73 Å². The zero-order valence-electron chi connectivity index (χ0n) is 9.08. The molecule has 18 heavy (non-hydrogen) atoms. The molecule has 0 aliphatic heterocycles. The van der Waals surface area contributed by atoms with Gasteiger partial charge in [0.15, 0.2) is 0 Å². The van der Waals surface area contributed by atoms with Crippen LogP contribution >= 0.6 is 15.9 Å². The van der Waals surface area contributed by atoms with Gasteiger partial charge in [-0.3, -0.25) is 0 Å². The van der Waals surface area contributed by atoms with E-state index in [4.69, 9.17) is 5.73 Å². The van der Waals surface area contributed by atoms with Crippen molar-refractivity contribution in [3.63, 3.8) is 0 Å². The lowest BCUT2D eigenvalue weighted by Gasteiger charge is -2.08. The highest BCUT2D eigenvalue weighted by Gasteiger charge is 2.30. The highest BCUT2D eigenvalue weighted by molar-refractivity contribution is 9.10. The number of alkyl halides is 3. The van der Waals surface area contributed by atoms with Crippen LogP contribution in [0.25, 0.3) is 5.69 Å². The molecule has 2 aromatic rings. The summed E-state index contributed by atoms with van der Waals surface area (Å²) >= 11 is 3.25. The molecule has 1 aromatic heterocycles. The molecule has 0 atom stereocenters. The molecule has 3 nitrogen and oxygen atoms in total. The zero-order chi connectivity index (χ0) is 13.3. The Labute approximate surface area is 110 Å². The van der Waals surface area contributed by atoms with Crippen molar-refractivity contribution >= 4 is 15.9 Å². The van der Waals surface area contributed by atoms with Gasteiger partial charge < -0.3 is 5.73 Å². The molecule has 0 saturated heterocycles. The van der Waals surface area contributed by atoms with Gasteiger partial charge in [0, 0.05) is 12.7 Å². The molecule has 0 amide bonds. The van der Waals surface area contributed by atoms with Crippen LogP contribution in [0.5, 0.6) is 0 Å². The molecule has 0 unspecified atom stereocenters. The second-order valence-corrected chi connectivity index (χ2v) is 4.47. The Morgan fingerprint density at radius 1 is 1.33 bits per heavy atom. The average molecular weight is 320 g/mol. The molecular formula is C11H9BrF3N3. The number of rotatable bonds is 2. The van der Waals surface area contributed by atoms with E-state index >= 15 is 0 Å². The first-order valence-electron chi connectivity index (χ1n) is 5.03. The molecule has 0 radical (unpaired) electrons. The van der Waals surface area contributed by atoms with E-state index in [-0.39, 0.29) is 6.54 Å². The topological polar surface area (TPSA) is 43.8 Å². The Hall–Kier alpha value is -1.34. The third kappa shape index (κ3) is 2.56. The summed E-state index contributed by atoms with van der Waals surface area (Å²) in [5.74, 6) is 0. The third-order valence-corrected chi connectivity index (χ3v) is 3.03. The van der Waals surface area contributed by atoms with Crippen LogP contribution in [-0.2, 0) is 12.7 Å². The van der Waals surface area contributed by atoms with Gasteiger partial charge in [0.2, 0.25) is 0 Å². The molecule has 1 heterocycles. The molecular weight excluding hydrogens is 311 g/mol. The second-order valence-electron chi connectivity index (χ2n) is 3.62. The molecule has 0 bridgehead atoms. The maximum absolute atomic E-state index is 12.6. The van der Waals surface area contributed by atoms with Crippen molar-refractivity contribution in [3.8, 4) is 5.69 Å². The molecule has 0 fully saturated rings. The van der Waals surface area contributed by atoms with E-state index in [9.17, 15) is 13.2 Å². The van der Waals surface area contributed by atoms with Crippen molar-refractivity contribution in [2.75, 3.05) is 0 Å². The SMILES string of the molecule is NCc1nn(-c2cccc(C(F)(F)F)c2)cc1Br. The van der Waals surface area contributed by atoms with Gasteiger partial charge in [-0.05, 0) is 34.1 Å². The summed E-state index contributed by atoms with van der Waals surface area (Å²) in [5.41, 5.74) is 5.68. The predicted octanol–water partition coefficient (Wildman–Crippen LogP) is 3.11. The Bertz CT molecular complexity index is 563. The van der Waals surface area contributed by atoms with Gasteiger partial charge in [0.1, 0.15) is 0 Å². The summed E-state index contributed by atoms with van der Waals surface area (Å²) in [7, 11) is 0. The maximum atomic E-state index is 12.6. The minimum absolute atomic E-state index is 0.215. The predicted molar refractivity (Wildman–Crippen MR) is 64.2 cm³/mol. The van der Waals surface area contributed by atoms with E-state index in [1.807, 2.05) is 0 Å². The number of hydrogen-bond acceptors (Lipinski definition) is 2. The van der Waals surface area contributed by atoms with Crippen LogP contribution in [0.4, 0.5) is 13.2 Å². The Morgan fingerprint density at radius 3 is 2.61 bits per heavy atom. The lowest BCUT2D eigenvalue weighted by molar-refractivity contribution is -0.137. The van der Waals surface area contributed by atoms with E-state index in [1.54, 1.807) is 12.3 Å². The monoisotopic (exact) mass is 319 g/mol. The van der Waals surface area contributed by atoms with Crippen molar-refractivity contribution in [1.82, 2.24) is 9.78 Å². The number of benzene rings is 1. The van der Waals surface area contributed by atoms with E-state index in [2.05, 4.69) is 21.0 Å². The fourth-order valence-corrected chi connectivity index (χ4v) is 1.92. The molecule has 0 aliphatic carbocycles. The van der Waals surface area contributed by atoms with Crippen molar-refractivity contribution in [2.45, 2.75) is 12.7 Å². The Morgan fingerprint density at radius 2 is 2.06 bits per heavy atom. The molecule has 2 N–H and O–H groups in total. The normalized spacial score (nSPS) is 11.8. The van der Waals surface area contributed by atoms with Crippen LogP contribution in [0.2, 0.25) is 0 Å². The van der Waals surface area contributed by atoms with Crippen LogP contribution in [0, 0.1) is 0 Å². The van der Waals surface area contributed by atoms with Gasteiger partial charge in [-0.25, -0.2) is 4.68 Å². The van der Waals surface area contributed by atoms with Crippen molar-refractivity contribution in [3.05, 3.63) is 46.2 Å². The summed E-state index contributed by atoms with van der Waals surface area (Å²) in [5, 5.41) is 4.10. The highest BCUT2D eigenvalue weighted by atomic mass is 79.9. The first-order valence-corrected chi connectivity index (χ1v) is 5.83. The molecule has 1 aromatic carbocycles. The van der Waals surface area contributed by atoms with Crippen molar-refractivity contribution in [1.29, 1.82) is 0 Å². The first-order chi connectivity index (χ1) is 8.41. The van der Waals surface area contributed by atoms with Gasteiger partial charge in [0.25, 0.3) is 0 Å². The number of hydrogen-bond donors (Lipinski definition) is 1. The number of aromatic nitrogens is 2.